The van der Waals surface area contributed by atoms with Crippen LogP contribution in [0.3, 0.4) is 0 Å². The lowest BCUT2D eigenvalue weighted by molar-refractivity contribution is 0.466. The van der Waals surface area contributed by atoms with Crippen LogP contribution in [0.1, 0.15) is 27.2 Å². The summed E-state index contributed by atoms with van der Waals surface area (Å²) < 4.78 is 21.6. The second-order valence-electron chi connectivity index (χ2n) is 3.83. The first-order valence-corrected chi connectivity index (χ1v) is 6.05. The fourth-order valence-electron chi connectivity index (χ4n) is 1.39. The molecule has 0 aromatic carbocycles. The van der Waals surface area contributed by atoms with Gasteiger partial charge in [0.05, 0.1) is 5.75 Å². The molecule has 0 aromatic heterocycles. The molecule has 1 atom stereocenters. The summed E-state index contributed by atoms with van der Waals surface area (Å²) in [5.41, 5.74) is 0. The van der Waals surface area contributed by atoms with E-state index in [2.05, 4.69) is 13.8 Å². The van der Waals surface area contributed by atoms with Crippen LogP contribution in [-0.4, -0.2) is 20.4 Å². The molecule has 0 N–H and O–H groups in total. The molecule has 0 spiro atoms. The summed E-state index contributed by atoms with van der Waals surface area (Å²) in [6.45, 7) is 6.21. The predicted octanol–water partition coefficient (Wildman–Crippen LogP) is 1.71. The van der Waals surface area contributed by atoms with Crippen LogP contribution < -0.4 is 0 Å². The van der Waals surface area contributed by atoms with E-state index in [1.165, 1.54) is 6.26 Å². The zero-order valence-corrected chi connectivity index (χ0v) is 8.61. The van der Waals surface area contributed by atoms with Gasteiger partial charge in [0.25, 0.3) is 0 Å². The van der Waals surface area contributed by atoms with Crippen molar-refractivity contribution < 1.29 is 8.42 Å². The molecular formula is C8H18O2S. The molecule has 2 nitrogen and oxygen atoms in total. The first-order valence-electron chi connectivity index (χ1n) is 3.99. The molecule has 0 saturated heterocycles. The molecule has 0 aromatic rings. The average molecular weight is 178 g/mol. The van der Waals surface area contributed by atoms with Gasteiger partial charge in [-0.25, -0.2) is 8.42 Å². The molecule has 68 valence electrons. The van der Waals surface area contributed by atoms with Crippen LogP contribution in [0.4, 0.5) is 0 Å². The van der Waals surface area contributed by atoms with Crippen LogP contribution in [0.15, 0.2) is 0 Å². The second-order valence-corrected chi connectivity index (χ2v) is 6.01. The van der Waals surface area contributed by atoms with E-state index in [-0.39, 0.29) is 0 Å². The molecule has 3 heteroatoms. The molecule has 0 rings (SSSR count). The molecule has 0 aliphatic carbocycles. The Morgan fingerprint density at radius 3 is 1.91 bits per heavy atom. The fraction of sp³-hybridized carbons (Fsp3) is 1.00. The molecule has 0 aliphatic heterocycles. The number of rotatable bonds is 4. The lowest BCUT2D eigenvalue weighted by atomic mass is 10.0. The Bertz CT molecular complexity index is 192. The first-order chi connectivity index (χ1) is 4.81. The Morgan fingerprint density at radius 1 is 1.18 bits per heavy atom. The van der Waals surface area contributed by atoms with Crippen molar-refractivity contribution in [2.24, 2.45) is 11.8 Å². The monoisotopic (exact) mass is 178 g/mol. The summed E-state index contributed by atoms with van der Waals surface area (Å²) in [6, 6.07) is 0. The van der Waals surface area contributed by atoms with Crippen molar-refractivity contribution in [1.29, 1.82) is 0 Å². The van der Waals surface area contributed by atoms with E-state index >= 15 is 0 Å². The van der Waals surface area contributed by atoms with Crippen molar-refractivity contribution >= 4 is 9.84 Å². The Hall–Kier alpha value is -0.0500. The van der Waals surface area contributed by atoms with Gasteiger partial charge in [0, 0.05) is 6.26 Å². The molecule has 0 radical (unpaired) electrons. The highest BCUT2D eigenvalue weighted by Crippen LogP contribution is 2.12. The lowest BCUT2D eigenvalue weighted by Gasteiger charge is -2.11. The van der Waals surface area contributed by atoms with Gasteiger partial charge in [-0.05, 0) is 18.3 Å². The van der Waals surface area contributed by atoms with Crippen LogP contribution in [0.2, 0.25) is 0 Å². The second kappa shape index (κ2) is 4.10. The van der Waals surface area contributed by atoms with Gasteiger partial charge in [0.1, 0.15) is 9.84 Å². The van der Waals surface area contributed by atoms with Gasteiger partial charge in [-0.3, -0.25) is 0 Å². The Balaban J connectivity index is 3.80. The minimum atomic E-state index is -2.77. The molecule has 0 heterocycles. The van der Waals surface area contributed by atoms with E-state index in [0.29, 0.717) is 17.6 Å². The Kier molecular flexibility index (Phi) is 4.08. The highest BCUT2D eigenvalue weighted by molar-refractivity contribution is 7.90. The smallest absolute Gasteiger partial charge is 0.147 e. The topological polar surface area (TPSA) is 34.1 Å². The van der Waals surface area contributed by atoms with Crippen molar-refractivity contribution in [2.75, 3.05) is 12.0 Å². The standard InChI is InChI=1S/C8H18O2S/c1-7(2)5-8(3)6-11(4,9)10/h7-8H,5-6H2,1-4H3. The molecule has 0 bridgehead atoms. The molecule has 0 fully saturated rings. The Morgan fingerprint density at radius 2 is 1.64 bits per heavy atom. The van der Waals surface area contributed by atoms with Gasteiger partial charge in [-0.15, -0.1) is 0 Å². The summed E-state index contributed by atoms with van der Waals surface area (Å²) >= 11 is 0. The third-order valence-corrected chi connectivity index (χ3v) is 2.64. The lowest BCUT2D eigenvalue weighted by Crippen LogP contribution is -2.13. The molecule has 0 aliphatic rings. The maximum absolute atomic E-state index is 10.8. The molecule has 0 saturated carbocycles. The highest BCUT2D eigenvalue weighted by Gasteiger charge is 2.11. The maximum atomic E-state index is 10.8. The van der Waals surface area contributed by atoms with E-state index in [0.717, 1.165) is 6.42 Å². The summed E-state index contributed by atoms with van der Waals surface area (Å²) in [4.78, 5) is 0. The summed E-state index contributed by atoms with van der Waals surface area (Å²) in [6.07, 6.45) is 2.29. The van der Waals surface area contributed by atoms with Crippen LogP contribution >= 0.6 is 0 Å². The maximum Gasteiger partial charge on any atom is 0.147 e. The number of sulfone groups is 1. The van der Waals surface area contributed by atoms with E-state index in [1.807, 2.05) is 6.92 Å². The van der Waals surface area contributed by atoms with Gasteiger partial charge in [-0.2, -0.15) is 0 Å². The highest BCUT2D eigenvalue weighted by atomic mass is 32.2. The van der Waals surface area contributed by atoms with Crippen molar-refractivity contribution in [2.45, 2.75) is 27.2 Å². The average Bonchev–Trinajstić information content (AvgIpc) is 1.53. The van der Waals surface area contributed by atoms with E-state index < -0.39 is 9.84 Å². The normalized spacial score (nSPS) is 15.4. The molecule has 1 unspecified atom stereocenters. The van der Waals surface area contributed by atoms with E-state index in [4.69, 9.17) is 0 Å². The zero-order chi connectivity index (χ0) is 9.07. The molecule has 11 heavy (non-hydrogen) atoms. The largest absolute Gasteiger partial charge is 0.229 e. The van der Waals surface area contributed by atoms with Gasteiger partial charge >= 0.3 is 0 Å². The van der Waals surface area contributed by atoms with Crippen molar-refractivity contribution in [3.63, 3.8) is 0 Å². The third kappa shape index (κ3) is 7.85. The zero-order valence-electron chi connectivity index (χ0n) is 7.79. The molecule has 0 amide bonds. The first kappa shape index (κ1) is 11.0. The fourth-order valence-corrected chi connectivity index (χ4v) is 2.56. The minimum Gasteiger partial charge on any atom is -0.229 e. The van der Waals surface area contributed by atoms with Crippen molar-refractivity contribution in [3.05, 3.63) is 0 Å². The van der Waals surface area contributed by atoms with Crippen molar-refractivity contribution in [3.8, 4) is 0 Å². The van der Waals surface area contributed by atoms with Gasteiger partial charge < -0.3 is 0 Å². The predicted molar refractivity (Wildman–Crippen MR) is 48.3 cm³/mol. The summed E-state index contributed by atoms with van der Waals surface area (Å²) in [5, 5.41) is 0. The SMILES string of the molecule is CC(C)CC(C)CS(C)(=O)=O. The van der Waals surface area contributed by atoms with Crippen LogP contribution in [0.5, 0.6) is 0 Å². The minimum absolute atomic E-state index is 0.296. The third-order valence-electron chi connectivity index (χ3n) is 1.46. The van der Waals surface area contributed by atoms with Crippen LogP contribution in [0.25, 0.3) is 0 Å². The van der Waals surface area contributed by atoms with Crippen LogP contribution in [-0.2, 0) is 9.84 Å². The summed E-state index contributed by atoms with van der Waals surface area (Å²) in [7, 11) is -2.77. The van der Waals surface area contributed by atoms with E-state index in [9.17, 15) is 8.42 Å². The van der Waals surface area contributed by atoms with E-state index in [1.54, 1.807) is 0 Å². The number of hydrogen-bond acceptors (Lipinski definition) is 2. The van der Waals surface area contributed by atoms with Gasteiger partial charge in [0.15, 0.2) is 0 Å². The quantitative estimate of drug-likeness (QED) is 0.657. The summed E-state index contributed by atoms with van der Waals surface area (Å²) in [5.74, 6) is 1.21. The Labute approximate surface area is 69.9 Å². The van der Waals surface area contributed by atoms with Gasteiger partial charge in [0.2, 0.25) is 0 Å². The van der Waals surface area contributed by atoms with Crippen molar-refractivity contribution in [1.82, 2.24) is 0 Å². The van der Waals surface area contributed by atoms with Gasteiger partial charge in [-0.1, -0.05) is 20.8 Å². The van der Waals surface area contributed by atoms with Crippen LogP contribution in [0, 0.1) is 11.8 Å². The molecular weight excluding hydrogens is 160 g/mol. The number of hydrogen-bond donors (Lipinski definition) is 0.